The minimum absolute atomic E-state index is 0.0588. The van der Waals surface area contributed by atoms with Crippen LogP contribution in [0.15, 0.2) is 36.7 Å². The van der Waals surface area contributed by atoms with Crippen LogP contribution in [-0.2, 0) is 5.41 Å². The Morgan fingerprint density at radius 3 is 2.48 bits per heavy atom. The summed E-state index contributed by atoms with van der Waals surface area (Å²) in [6.07, 6.45) is 3.67. The number of nitrogens with two attached hydrogens (primary N) is 1. The van der Waals surface area contributed by atoms with Crippen molar-refractivity contribution < 1.29 is 0 Å². The summed E-state index contributed by atoms with van der Waals surface area (Å²) in [4.78, 5) is 9.06. The number of rotatable bonds is 2. The van der Waals surface area contributed by atoms with E-state index in [1.54, 1.807) is 6.20 Å². The van der Waals surface area contributed by atoms with Gasteiger partial charge in [-0.1, -0.05) is 20.8 Å². The number of aromatic nitrogens is 4. The van der Waals surface area contributed by atoms with Gasteiger partial charge in [-0.25, -0.2) is 9.97 Å². The predicted molar refractivity (Wildman–Crippen MR) is 85.6 cm³/mol. The fourth-order valence-electron chi connectivity index (χ4n) is 1.92. The summed E-state index contributed by atoms with van der Waals surface area (Å²) in [5.74, 6) is 1.69. The van der Waals surface area contributed by atoms with Crippen LogP contribution in [0.25, 0.3) is 16.5 Å². The number of hydrogen-bond donors (Lipinski definition) is 1. The van der Waals surface area contributed by atoms with Crippen molar-refractivity contribution in [1.29, 1.82) is 0 Å². The quantitative estimate of drug-likeness (QED) is 0.737. The lowest BCUT2D eigenvalue weighted by molar-refractivity contribution is 0.554. The summed E-state index contributed by atoms with van der Waals surface area (Å²) >= 11 is 1.38. The maximum Gasteiger partial charge on any atom is 0.215 e. The molecule has 3 rings (SSSR count). The molecule has 2 N–H and O–H groups in total. The molecule has 0 aliphatic heterocycles. The van der Waals surface area contributed by atoms with Gasteiger partial charge in [0.05, 0.1) is 0 Å². The molecule has 2 aromatic heterocycles. The molecule has 0 aliphatic rings. The largest absolute Gasteiger partial charge is 0.399 e. The Kier molecular flexibility index (Phi) is 3.25. The summed E-state index contributed by atoms with van der Waals surface area (Å²) in [5, 5.41) is 0.823. The van der Waals surface area contributed by atoms with Crippen LogP contribution in [0.4, 0.5) is 5.69 Å². The number of anilines is 1. The van der Waals surface area contributed by atoms with Crippen LogP contribution in [0.3, 0.4) is 0 Å². The number of hydrogen-bond acceptors (Lipinski definition) is 5. The van der Waals surface area contributed by atoms with Gasteiger partial charge in [0.2, 0.25) is 5.13 Å². The zero-order valence-electron chi connectivity index (χ0n) is 12.2. The smallest absolute Gasteiger partial charge is 0.215 e. The first-order valence-electron chi connectivity index (χ1n) is 6.69. The van der Waals surface area contributed by atoms with Crippen molar-refractivity contribution in [3.8, 4) is 16.5 Å². The second-order valence-electron chi connectivity index (χ2n) is 5.89. The molecule has 0 atom stereocenters. The molecule has 0 bridgehead atoms. The van der Waals surface area contributed by atoms with Crippen molar-refractivity contribution in [2.75, 3.05) is 5.73 Å². The molecule has 3 aromatic rings. The van der Waals surface area contributed by atoms with E-state index >= 15 is 0 Å². The van der Waals surface area contributed by atoms with Gasteiger partial charge in [0.1, 0.15) is 11.6 Å². The van der Waals surface area contributed by atoms with Crippen LogP contribution in [0.2, 0.25) is 0 Å². The van der Waals surface area contributed by atoms with Gasteiger partial charge in [0, 0.05) is 40.6 Å². The van der Waals surface area contributed by atoms with Gasteiger partial charge in [-0.3, -0.25) is 4.57 Å². The molecule has 5 nitrogen and oxygen atoms in total. The lowest BCUT2D eigenvalue weighted by Gasteiger charge is -2.12. The summed E-state index contributed by atoms with van der Waals surface area (Å²) in [6, 6.07) is 7.66. The van der Waals surface area contributed by atoms with Crippen LogP contribution in [-0.4, -0.2) is 18.9 Å². The van der Waals surface area contributed by atoms with Gasteiger partial charge in [-0.05, 0) is 24.3 Å². The van der Waals surface area contributed by atoms with Gasteiger partial charge in [-0.2, -0.15) is 4.37 Å². The Bertz CT molecular complexity index is 749. The standard InChI is InChI=1S/C15H17N5S/c1-15(2,3)13-18-14(21-19-13)20-9-8-17-12(20)10-4-6-11(16)7-5-10/h4-9H,16H2,1-3H3. The Morgan fingerprint density at radius 2 is 1.86 bits per heavy atom. The van der Waals surface area contributed by atoms with Crippen molar-refractivity contribution >= 4 is 17.2 Å². The Labute approximate surface area is 127 Å². The molecule has 6 heteroatoms. The van der Waals surface area contributed by atoms with Crippen LogP contribution in [0.1, 0.15) is 26.6 Å². The summed E-state index contributed by atoms with van der Waals surface area (Å²) in [6.45, 7) is 6.31. The minimum atomic E-state index is -0.0588. The predicted octanol–water partition coefficient (Wildman–Crippen LogP) is 3.27. The van der Waals surface area contributed by atoms with E-state index < -0.39 is 0 Å². The van der Waals surface area contributed by atoms with Gasteiger partial charge < -0.3 is 5.73 Å². The highest BCUT2D eigenvalue weighted by atomic mass is 32.1. The fraction of sp³-hybridized carbons (Fsp3) is 0.267. The summed E-state index contributed by atoms with van der Waals surface area (Å²) < 4.78 is 6.41. The van der Waals surface area contributed by atoms with Gasteiger partial charge in [0.25, 0.3) is 0 Å². The average Bonchev–Trinajstić information content (AvgIpc) is 3.07. The monoisotopic (exact) mass is 299 g/mol. The number of benzene rings is 1. The molecule has 2 heterocycles. The molecular weight excluding hydrogens is 282 g/mol. The summed E-state index contributed by atoms with van der Waals surface area (Å²) in [5.41, 5.74) is 7.41. The van der Waals surface area contributed by atoms with Gasteiger partial charge in [-0.15, -0.1) is 0 Å². The summed E-state index contributed by atoms with van der Waals surface area (Å²) in [7, 11) is 0. The maximum atomic E-state index is 5.73. The van der Waals surface area contributed by atoms with E-state index in [0.717, 1.165) is 28.0 Å². The SMILES string of the molecule is CC(C)(C)c1nsc(-n2ccnc2-c2ccc(N)cc2)n1. The molecule has 0 aliphatic carbocycles. The van der Waals surface area contributed by atoms with E-state index in [1.807, 2.05) is 35.0 Å². The second-order valence-corrected chi connectivity index (χ2v) is 6.62. The van der Waals surface area contributed by atoms with Crippen LogP contribution in [0, 0.1) is 0 Å². The number of imidazole rings is 1. The highest BCUT2D eigenvalue weighted by molar-refractivity contribution is 7.08. The fourth-order valence-corrected chi connectivity index (χ4v) is 2.77. The van der Waals surface area contributed by atoms with Crippen molar-refractivity contribution in [2.45, 2.75) is 26.2 Å². The normalized spacial score (nSPS) is 11.8. The van der Waals surface area contributed by atoms with E-state index in [1.165, 1.54) is 11.5 Å². The molecule has 21 heavy (non-hydrogen) atoms. The van der Waals surface area contributed by atoms with Crippen molar-refractivity contribution in [3.05, 3.63) is 42.5 Å². The van der Waals surface area contributed by atoms with E-state index in [2.05, 4.69) is 35.1 Å². The highest BCUT2D eigenvalue weighted by Gasteiger charge is 2.21. The Hall–Kier alpha value is -2.21. The van der Waals surface area contributed by atoms with Crippen molar-refractivity contribution in [3.63, 3.8) is 0 Å². The third kappa shape index (κ3) is 2.67. The average molecular weight is 299 g/mol. The van der Waals surface area contributed by atoms with Gasteiger partial charge >= 0.3 is 0 Å². The zero-order valence-corrected chi connectivity index (χ0v) is 13.1. The topological polar surface area (TPSA) is 69.6 Å². The van der Waals surface area contributed by atoms with E-state index in [9.17, 15) is 0 Å². The van der Waals surface area contributed by atoms with E-state index in [-0.39, 0.29) is 5.41 Å². The molecule has 1 aromatic carbocycles. The van der Waals surface area contributed by atoms with Crippen molar-refractivity contribution in [1.82, 2.24) is 18.9 Å². The molecule has 0 saturated heterocycles. The molecule has 0 unspecified atom stereocenters. The molecular formula is C15H17N5S. The lowest BCUT2D eigenvalue weighted by atomic mass is 9.96. The number of nitrogen functional groups attached to an aromatic ring is 1. The molecule has 0 fully saturated rings. The first-order valence-corrected chi connectivity index (χ1v) is 7.46. The molecule has 0 spiro atoms. The first-order chi connectivity index (χ1) is 9.95. The molecule has 0 radical (unpaired) electrons. The first kappa shape index (κ1) is 13.8. The van der Waals surface area contributed by atoms with Crippen LogP contribution >= 0.6 is 11.5 Å². The Morgan fingerprint density at radius 1 is 1.14 bits per heavy atom. The zero-order chi connectivity index (χ0) is 15.0. The lowest BCUT2D eigenvalue weighted by Crippen LogP contribution is -2.13. The van der Waals surface area contributed by atoms with Crippen LogP contribution in [0.5, 0.6) is 0 Å². The highest BCUT2D eigenvalue weighted by Crippen LogP contribution is 2.26. The maximum absolute atomic E-state index is 5.73. The third-order valence-electron chi connectivity index (χ3n) is 3.10. The van der Waals surface area contributed by atoms with E-state index in [0.29, 0.717) is 0 Å². The molecule has 108 valence electrons. The van der Waals surface area contributed by atoms with E-state index in [4.69, 9.17) is 5.73 Å². The third-order valence-corrected chi connectivity index (χ3v) is 3.82. The minimum Gasteiger partial charge on any atom is -0.399 e. The number of nitrogens with zero attached hydrogens (tertiary/aromatic N) is 4. The molecule has 0 amide bonds. The van der Waals surface area contributed by atoms with Gasteiger partial charge in [0.15, 0.2) is 0 Å². The van der Waals surface area contributed by atoms with Crippen molar-refractivity contribution in [2.24, 2.45) is 0 Å². The second kappa shape index (κ2) is 4.96. The van der Waals surface area contributed by atoms with Crippen LogP contribution < -0.4 is 5.73 Å². The molecule has 0 saturated carbocycles. The Balaban J connectivity index is 2.03.